The molecular weight excluding hydrogens is 426 g/mol. The molecule has 0 unspecified atom stereocenters. The van der Waals surface area contributed by atoms with Crippen molar-refractivity contribution in [2.45, 2.75) is 45.9 Å². The molecule has 1 aliphatic rings. The van der Waals surface area contributed by atoms with Gasteiger partial charge in [-0.15, -0.1) is 0 Å². The summed E-state index contributed by atoms with van der Waals surface area (Å²) in [5, 5.41) is 9.40. The highest BCUT2D eigenvalue weighted by Crippen LogP contribution is 2.33. The van der Waals surface area contributed by atoms with Crippen LogP contribution in [0.15, 0.2) is 47.3 Å². The van der Waals surface area contributed by atoms with Gasteiger partial charge in [0.05, 0.1) is 29.6 Å². The van der Waals surface area contributed by atoms with E-state index in [2.05, 4.69) is 11.0 Å². The van der Waals surface area contributed by atoms with Gasteiger partial charge in [-0.2, -0.15) is 5.26 Å². The molecule has 2 N–H and O–H groups in total. The number of hydrogen-bond acceptors (Lipinski definition) is 6. The summed E-state index contributed by atoms with van der Waals surface area (Å²) >= 11 is 0. The van der Waals surface area contributed by atoms with Crippen molar-refractivity contribution < 1.29 is 4.74 Å². The Balaban J connectivity index is 1.95. The molecule has 7 nitrogen and oxygen atoms in total. The zero-order chi connectivity index (χ0) is 24.2. The van der Waals surface area contributed by atoms with Crippen molar-refractivity contribution in [3.05, 3.63) is 69.5 Å². The molecule has 0 bridgehead atoms. The van der Waals surface area contributed by atoms with Crippen molar-refractivity contribution >= 4 is 5.82 Å². The van der Waals surface area contributed by atoms with Gasteiger partial charge in [-0.05, 0) is 49.9 Å². The van der Waals surface area contributed by atoms with E-state index in [1.807, 2.05) is 60.9 Å². The van der Waals surface area contributed by atoms with Crippen LogP contribution in [0.25, 0.3) is 22.5 Å². The molecule has 176 valence electrons. The first-order valence-corrected chi connectivity index (χ1v) is 11.7. The first-order valence-electron chi connectivity index (χ1n) is 11.7. The molecule has 2 heterocycles. The predicted molar refractivity (Wildman–Crippen MR) is 135 cm³/mol. The molecule has 0 aliphatic carbocycles. The summed E-state index contributed by atoms with van der Waals surface area (Å²) in [6.45, 7) is 6.36. The first kappa shape index (κ1) is 23.7. The van der Waals surface area contributed by atoms with E-state index in [9.17, 15) is 10.1 Å². The Kier molecular flexibility index (Phi) is 7.11. The normalized spacial score (nSPS) is 14.3. The number of aromatic nitrogens is 2. The minimum absolute atomic E-state index is 0.0944. The third-order valence-corrected chi connectivity index (χ3v) is 6.46. The van der Waals surface area contributed by atoms with Crippen LogP contribution in [0.1, 0.15) is 36.5 Å². The van der Waals surface area contributed by atoms with Gasteiger partial charge < -0.3 is 19.9 Å². The van der Waals surface area contributed by atoms with Crippen LogP contribution in [0.5, 0.6) is 0 Å². The maximum Gasteiger partial charge on any atom is 0.294 e. The molecule has 1 aliphatic heterocycles. The minimum Gasteiger partial charge on any atom is -0.380 e. The summed E-state index contributed by atoms with van der Waals surface area (Å²) in [4.78, 5) is 20.7. The smallest absolute Gasteiger partial charge is 0.294 e. The number of hydrogen-bond donors (Lipinski definition) is 1. The lowest BCUT2D eigenvalue weighted by Gasteiger charge is -2.31. The van der Waals surface area contributed by atoms with E-state index in [0.717, 1.165) is 46.5 Å². The number of nitrogens with zero attached hydrogens (tertiary/aromatic N) is 4. The lowest BCUT2D eigenvalue weighted by atomic mass is 9.99. The van der Waals surface area contributed by atoms with Gasteiger partial charge in [-0.3, -0.25) is 4.79 Å². The van der Waals surface area contributed by atoms with Crippen molar-refractivity contribution in [3.63, 3.8) is 0 Å². The molecule has 0 amide bonds. The zero-order valence-electron chi connectivity index (χ0n) is 20.0. The van der Waals surface area contributed by atoms with Crippen LogP contribution in [-0.2, 0) is 17.9 Å². The number of nitrogens with two attached hydrogens (primary N) is 1. The average molecular weight is 458 g/mol. The third-order valence-electron chi connectivity index (χ3n) is 6.46. The van der Waals surface area contributed by atoms with E-state index >= 15 is 0 Å². The van der Waals surface area contributed by atoms with Crippen LogP contribution in [0.4, 0.5) is 5.82 Å². The van der Waals surface area contributed by atoms with Crippen molar-refractivity contribution in [1.82, 2.24) is 9.55 Å². The van der Waals surface area contributed by atoms with Crippen LogP contribution < -0.4 is 16.2 Å². The minimum atomic E-state index is -0.0944. The largest absolute Gasteiger partial charge is 0.380 e. The van der Waals surface area contributed by atoms with Crippen LogP contribution >= 0.6 is 0 Å². The van der Waals surface area contributed by atoms with Gasteiger partial charge in [0.2, 0.25) is 0 Å². The number of methoxy groups -OCH3 is 1. The lowest BCUT2D eigenvalue weighted by molar-refractivity contribution is 0.185. The van der Waals surface area contributed by atoms with E-state index in [0.29, 0.717) is 37.6 Å². The number of benzene rings is 2. The highest BCUT2D eigenvalue weighted by atomic mass is 16.5. The van der Waals surface area contributed by atoms with Crippen LogP contribution in [0, 0.1) is 18.3 Å². The van der Waals surface area contributed by atoms with Crippen LogP contribution in [-0.4, -0.2) is 35.8 Å². The summed E-state index contributed by atoms with van der Waals surface area (Å²) in [5.74, 6) is 0.463. The van der Waals surface area contributed by atoms with Crippen molar-refractivity contribution in [2.75, 3.05) is 25.1 Å². The summed E-state index contributed by atoms with van der Waals surface area (Å²) in [6.07, 6.45) is 1.67. The maximum absolute atomic E-state index is 13.7. The highest BCUT2D eigenvalue weighted by Gasteiger charge is 2.25. The number of piperidine rings is 1. The monoisotopic (exact) mass is 457 g/mol. The number of rotatable bonds is 6. The van der Waals surface area contributed by atoms with Crippen molar-refractivity contribution in [3.8, 4) is 28.6 Å². The van der Waals surface area contributed by atoms with E-state index in [1.165, 1.54) is 0 Å². The van der Waals surface area contributed by atoms with E-state index in [1.54, 1.807) is 7.11 Å². The Labute approximate surface area is 200 Å². The summed E-state index contributed by atoms with van der Waals surface area (Å²) in [7, 11) is 1.67. The Morgan fingerprint density at radius 1 is 1.15 bits per heavy atom. The van der Waals surface area contributed by atoms with Gasteiger partial charge in [0, 0.05) is 43.9 Å². The molecule has 34 heavy (non-hydrogen) atoms. The summed E-state index contributed by atoms with van der Waals surface area (Å²) < 4.78 is 7.06. The van der Waals surface area contributed by atoms with E-state index < -0.39 is 0 Å². The Morgan fingerprint density at radius 2 is 1.82 bits per heavy atom. The second-order valence-corrected chi connectivity index (χ2v) is 8.78. The molecule has 0 spiro atoms. The second-order valence-electron chi connectivity index (χ2n) is 8.78. The standard InChI is InChI=1S/C27H31N5O2/c1-4-32-25(20-7-5-19(6-8-20)17-34-3)24(21-9-10-22(16-28)18(2)15-21)30-26(27(32)33)31-13-11-23(29)12-14-31/h5-10,15,23H,4,11-14,17,29H2,1-3H3. The fourth-order valence-electron chi connectivity index (χ4n) is 4.53. The van der Waals surface area contributed by atoms with Crippen molar-refractivity contribution in [1.29, 1.82) is 5.26 Å². The highest BCUT2D eigenvalue weighted by molar-refractivity contribution is 5.80. The fraction of sp³-hybridized carbons (Fsp3) is 0.370. The molecule has 0 radical (unpaired) electrons. The van der Waals surface area contributed by atoms with Gasteiger partial charge in [0.15, 0.2) is 5.82 Å². The quantitative estimate of drug-likeness (QED) is 0.604. The van der Waals surface area contributed by atoms with Gasteiger partial charge >= 0.3 is 0 Å². The van der Waals surface area contributed by atoms with Gasteiger partial charge in [-0.1, -0.05) is 30.3 Å². The Morgan fingerprint density at radius 3 is 2.41 bits per heavy atom. The Bertz CT molecular complexity index is 1270. The third kappa shape index (κ3) is 4.60. The number of ether oxygens (including phenoxy) is 1. The molecular formula is C27H31N5O2. The molecule has 1 saturated heterocycles. The van der Waals surface area contributed by atoms with Crippen LogP contribution in [0.2, 0.25) is 0 Å². The average Bonchev–Trinajstić information content (AvgIpc) is 2.85. The Hall–Kier alpha value is -3.47. The summed E-state index contributed by atoms with van der Waals surface area (Å²) in [6, 6.07) is 16.1. The zero-order valence-corrected chi connectivity index (χ0v) is 20.0. The molecule has 0 saturated carbocycles. The number of anilines is 1. The van der Waals surface area contributed by atoms with E-state index in [-0.39, 0.29) is 11.6 Å². The predicted octanol–water partition coefficient (Wildman–Crippen LogP) is 3.85. The first-order chi connectivity index (χ1) is 16.5. The van der Waals surface area contributed by atoms with Crippen molar-refractivity contribution in [2.24, 2.45) is 5.73 Å². The van der Waals surface area contributed by atoms with Gasteiger partial charge in [0.25, 0.3) is 5.56 Å². The molecule has 1 aromatic heterocycles. The lowest BCUT2D eigenvalue weighted by Crippen LogP contribution is -2.43. The molecule has 2 aromatic carbocycles. The van der Waals surface area contributed by atoms with Gasteiger partial charge in [0.1, 0.15) is 0 Å². The van der Waals surface area contributed by atoms with E-state index in [4.69, 9.17) is 15.5 Å². The number of aryl methyl sites for hydroxylation is 1. The fourth-order valence-corrected chi connectivity index (χ4v) is 4.53. The summed E-state index contributed by atoms with van der Waals surface area (Å²) in [5.41, 5.74) is 11.9. The molecule has 1 fully saturated rings. The maximum atomic E-state index is 13.7. The SMILES string of the molecule is CCn1c(-c2ccc(COC)cc2)c(-c2ccc(C#N)c(C)c2)nc(N2CCC(N)CC2)c1=O. The topological polar surface area (TPSA) is 97.2 Å². The molecule has 0 atom stereocenters. The molecule has 4 rings (SSSR count). The number of nitriles is 1. The molecule has 7 heteroatoms. The van der Waals surface area contributed by atoms with Gasteiger partial charge in [-0.25, -0.2) is 4.98 Å². The van der Waals surface area contributed by atoms with Crippen LogP contribution in [0.3, 0.4) is 0 Å². The second kappa shape index (κ2) is 10.2. The molecule has 3 aromatic rings.